The summed E-state index contributed by atoms with van der Waals surface area (Å²) >= 11 is 4.84. The maximum absolute atomic E-state index is 12.5. The number of rotatable bonds is 8. The van der Waals surface area contributed by atoms with E-state index in [1.54, 1.807) is 0 Å². The molecule has 0 spiro atoms. The zero-order chi connectivity index (χ0) is 12.7. The molecule has 0 aliphatic heterocycles. The van der Waals surface area contributed by atoms with Crippen molar-refractivity contribution in [3.05, 3.63) is 0 Å². The van der Waals surface area contributed by atoms with Crippen molar-refractivity contribution in [3.63, 3.8) is 0 Å². The molecule has 0 radical (unpaired) electrons. The summed E-state index contributed by atoms with van der Waals surface area (Å²) in [6.45, 7) is 10.8. The molecular weight excluding hydrogens is 279 g/mol. The van der Waals surface area contributed by atoms with Crippen LogP contribution in [0.5, 0.6) is 0 Å². The second kappa shape index (κ2) is 8.36. The summed E-state index contributed by atoms with van der Waals surface area (Å²) < 4.78 is 17.9. The third-order valence-electron chi connectivity index (χ3n) is 1.35. The molecule has 0 aliphatic carbocycles. The Morgan fingerprint density at radius 3 is 2.25 bits per heavy atom. The Kier molecular flexibility index (Phi) is 9.01. The summed E-state index contributed by atoms with van der Waals surface area (Å²) in [5.41, 5.74) is 0. The monoisotopic (exact) mass is 302 g/mol. The average molecular weight is 302 g/mol. The van der Waals surface area contributed by atoms with Crippen LogP contribution in [0, 0.1) is 0 Å². The Bertz CT molecular complexity index is 229. The Balaban J connectivity index is 4.17. The minimum Gasteiger partial charge on any atom is -0.314 e. The molecule has 0 saturated carbocycles. The van der Waals surface area contributed by atoms with E-state index in [0.29, 0.717) is 6.61 Å². The quantitative estimate of drug-likeness (QED) is 0.456. The zero-order valence-corrected chi connectivity index (χ0v) is 14.2. The molecule has 2 nitrogen and oxygen atoms in total. The fourth-order valence-corrected chi connectivity index (χ4v) is 11.1. The van der Waals surface area contributed by atoms with E-state index in [-0.39, 0.29) is 4.75 Å². The molecule has 0 amide bonds. The standard InChI is InChI=1S/C10H23O2PS3/c1-6-12-13(11,16-10(3,4)5)15-9-8-14-7-2/h6-9H2,1-5H3/t13-/m0/s1. The fraction of sp³-hybridized carbons (Fsp3) is 1.00. The Hall–Kier alpha value is 1.24. The van der Waals surface area contributed by atoms with Gasteiger partial charge in [0.15, 0.2) is 0 Å². The van der Waals surface area contributed by atoms with Gasteiger partial charge in [-0.3, -0.25) is 4.57 Å². The summed E-state index contributed by atoms with van der Waals surface area (Å²) in [5.74, 6) is 0.502. The largest absolute Gasteiger partial charge is 0.314 e. The van der Waals surface area contributed by atoms with Crippen LogP contribution in [0.4, 0.5) is 0 Å². The van der Waals surface area contributed by atoms with Gasteiger partial charge in [0.2, 0.25) is 0 Å². The van der Waals surface area contributed by atoms with Gasteiger partial charge >= 0.3 is 5.77 Å². The molecule has 0 bridgehead atoms. The van der Waals surface area contributed by atoms with E-state index in [4.69, 9.17) is 4.52 Å². The lowest BCUT2D eigenvalue weighted by atomic mass is 10.3. The van der Waals surface area contributed by atoms with Crippen LogP contribution in [0.15, 0.2) is 0 Å². The molecule has 0 aromatic rings. The molecule has 1 atom stereocenters. The molecule has 0 aromatic heterocycles. The molecular formula is C10H23O2PS3. The Morgan fingerprint density at radius 2 is 1.81 bits per heavy atom. The van der Waals surface area contributed by atoms with Crippen molar-refractivity contribution in [2.24, 2.45) is 0 Å². The van der Waals surface area contributed by atoms with E-state index < -0.39 is 5.77 Å². The lowest BCUT2D eigenvalue weighted by molar-refractivity contribution is 0.357. The smallest absolute Gasteiger partial charge is 0.313 e. The Labute approximate surface area is 112 Å². The first-order valence-corrected chi connectivity index (χ1v) is 11.3. The van der Waals surface area contributed by atoms with Gasteiger partial charge in [0.25, 0.3) is 0 Å². The lowest BCUT2D eigenvalue weighted by Gasteiger charge is -2.24. The van der Waals surface area contributed by atoms with Crippen molar-refractivity contribution in [1.82, 2.24) is 0 Å². The number of thioether (sulfide) groups is 1. The van der Waals surface area contributed by atoms with Crippen LogP contribution in [0.1, 0.15) is 34.6 Å². The van der Waals surface area contributed by atoms with Crippen LogP contribution >= 0.6 is 40.3 Å². The molecule has 6 heteroatoms. The van der Waals surface area contributed by atoms with Gasteiger partial charge in [0, 0.05) is 16.3 Å². The van der Waals surface area contributed by atoms with Gasteiger partial charge in [-0.05, 0) is 12.7 Å². The van der Waals surface area contributed by atoms with Gasteiger partial charge in [0.05, 0.1) is 6.61 Å². The second-order valence-corrected chi connectivity index (χ2v) is 13.6. The summed E-state index contributed by atoms with van der Waals surface area (Å²) in [7, 11) is 0. The van der Waals surface area contributed by atoms with Gasteiger partial charge in [0.1, 0.15) is 0 Å². The highest BCUT2D eigenvalue weighted by Gasteiger charge is 2.30. The maximum Gasteiger partial charge on any atom is 0.313 e. The maximum atomic E-state index is 12.5. The molecule has 0 aliphatic rings. The van der Waals surface area contributed by atoms with Crippen molar-refractivity contribution in [2.45, 2.75) is 39.4 Å². The summed E-state index contributed by atoms with van der Waals surface area (Å²) in [6.07, 6.45) is 0. The second-order valence-electron chi connectivity index (χ2n) is 4.10. The van der Waals surface area contributed by atoms with Crippen LogP contribution < -0.4 is 0 Å². The normalized spacial score (nSPS) is 16.1. The van der Waals surface area contributed by atoms with Crippen molar-refractivity contribution in [2.75, 3.05) is 23.9 Å². The van der Waals surface area contributed by atoms with Crippen LogP contribution in [0.25, 0.3) is 0 Å². The molecule has 0 rings (SSSR count). The van der Waals surface area contributed by atoms with Crippen molar-refractivity contribution in [3.8, 4) is 0 Å². The molecule has 0 saturated heterocycles. The highest BCUT2D eigenvalue weighted by molar-refractivity contribution is 8.89. The fourth-order valence-electron chi connectivity index (χ4n) is 0.936. The van der Waals surface area contributed by atoms with E-state index in [2.05, 4.69) is 27.7 Å². The highest BCUT2D eigenvalue weighted by atomic mass is 33.1. The minimum absolute atomic E-state index is 0.0183. The van der Waals surface area contributed by atoms with Crippen molar-refractivity contribution in [1.29, 1.82) is 0 Å². The third-order valence-corrected chi connectivity index (χ3v) is 10.6. The first-order valence-electron chi connectivity index (χ1n) is 5.50. The highest BCUT2D eigenvalue weighted by Crippen LogP contribution is 2.72. The van der Waals surface area contributed by atoms with Crippen LogP contribution in [-0.2, 0) is 9.09 Å². The topological polar surface area (TPSA) is 26.3 Å². The van der Waals surface area contributed by atoms with Crippen LogP contribution in [0.3, 0.4) is 0 Å². The van der Waals surface area contributed by atoms with Crippen LogP contribution in [-0.4, -0.2) is 28.6 Å². The SMILES string of the molecule is CCO[P@@](=O)(SCCSCC)SC(C)(C)C. The van der Waals surface area contributed by atoms with Gasteiger partial charge in [-0.1, -0.05) is 50.5 Å². The average Bonchev–Trinajstić information content (AvgIpc) is 2.10. The summed E-state index contributed by atoms with van der Waals surface area (Å²) in [4.78, 5) is 0. The molecule has 98 valence electrons. The van der Waals surface area contributed by atoms with Gasteiger partial charge in [-0.15, -0.1) is 0 Å². The number of hydrogen-bond acceptors (Lipinski definition) is 5. The van der Waals surface area contributed by atoms with Gasteiger partial charge < -0.3 is 4.52 Å². The minimum atomic E-state index is -2.56. The van der Waals surface area contributed by atoms with E-state index >= 15 is 0 Å². The van der Waals surface area contributed by atoms with E-state index in [9.17, 15) is 4.57 Å². The molecule has 0 fully saturated rings. The van der Waals surface area contributed by atoms with E-state index in [0.717, 1.165) is 17.3 Å². The third kappa shape index (κ3) is 9.29. The lowest BCUT2D eigenvalue weighted by Crippen LogP contribution is -2.07. The van der Waals surface area contributed by atoms with E-state index in [1.165, 1.54) is 22.8 Å². The predicted octanol–water partition coefficient (Wildman–Crippen LogP) is 5.15. The summed E-state index contributed by atoms with van der Waals surface area (Å²) in [5, 5.41) is 0. The van der Waals surface area contributed by atoms with Crippen LogP contribution in [0.2, 0.25) is 0 Å². The van der Waals surface area contributed by atoms with Crippen molar-refractivity contribution >= 4 is 40.3 Å². The first kappa shape index (κ1) is 17.2. The van der Waals surface area contributed by atoms with Gasteiger partial charge in [-0.25, -0.2) is 0 Å². The molecule has 0 aromatic carbocycles. The Morgan fingerprint density at radius 1 is 1.19 bits per heavy atom. The van der Waals surface area contributed by atoms with Gasteiger partial charge in [-0.2, -0.15) is 11.8 Å². The predicted molar refractivity (Wildman–Crippen MR) is 82.0 cm³/mol. The first-order chi connectivity index (χ1) is 7.33. The molecule has 0 unspecified atom stereocenters. The molecule has 16 heavy (non-hydrogen) atoms. The van der Waals surface area contributed by atoms with E-state index in [1.807, 2.05) is 18.7 Å². The molecule has 0 heterocycles. The number of hydrogen-bond donors (Lipinski definition) is 0. The zero-order valence-electron chi connectivity index (χ0n) is 10.8. The summed E-state index contributed by atoms with van der Waals surface area (Å²) in [6, 6.07) is 0. The van der Waals surface area contributed by atoms with Crippen molar-refractivity contribution < 1.29 is 9.09 Å². The molecule has 0 N–H and O–H groups in total.